The first-order valence-electron chi connectivity index (χ1n) is 16.6. The summed E-state index contributed by atoms with van der Waals surface area (Å²) in [5, 5.41) is 7.08. The van der Waals surface area contributed by atoms with E-state index in [1.807, 2.05) is 18.5 Å². The molecule has 0 aliphatic carbocycles. The topological polar surface area (TPSA) is 38.9 Å². The molecule has 0 atom stereocenters. The Bertz CT molecular complexity index is 2430. The van der Waals surface area contributed by atoms with Gasteiger partial charge in [-0.2, -0.15) is 0 Å². The number of hydrogen-bond acceptors (Lipinski definition) is 3. The van der Waals surface area contributed by atoms with Crippen LogP contribution >= 0.6 is 0 Å². The van der Waals surface area contributed by atoms with E-state index in [2.05, 4.69) is 155 Å². The molecular formula is C45H40IrN2O-2. The van der Waals surface area contributed by atoms with E-state index >= 15 is 0 Å². The minimum absolute atomic E-state index is 0. The van der Waals surface area contributed by atoms with Crippen molar-refractivity contribution in [3.8, 4) is 22.5 Å². The minimum Gasteiger partial charge on any atom is -0.500 e. The van der Waals surface area contributed by atoms with Crippen LogP contribution < -0.4 is 0 Å². The molecule has 0 aliphatic heterocycles. The van der Waals surface area contributed by atoms with Gasteiger partial charge in [-0.25, -0.2) is 0 Å². The Morgan fingerprint density at radius 1 is 0.633 bits per heavy atom. The quantitative estimate of drug-likeness (QED) is 0.132. The molecule has 8 rings (SSSR count). The standard InChI is InChI=1S/C28H20NO.C17H20N.Ir/c1-16-8-12-22(24-14-17(2)18(3)15-29-24)27-25(16)23-13-11-20-10-9-19-6-4-5-7-21(19)26(20)28(23)30-27;1-13-5-8-15(9-6-13)16-10-7-14(12-18-16)11-17(2,3)4;/h4-11,13-15H,1-3H3;5-8,10,12H,11H2,1-4H3;/q2*-1;. The van der Waals surface area contributed by atoms with Crippen molar-refractivity contribution in [1.29, 1.82) is 0 Å². The van der Waals surface area contributed by atoms with Crippen molar-refractivity contribution in [3.63, 3.8) is 0 Å². The van der Waals surface area contributed by atoms with Gasteiger partial charge in [-0.05, 0) is 64.4 Å². The first-order chi connectivity index (χ1) is 23.1. The molecule has 0 unspecified atom stereocenters. The molecule has 4 heteroatoms. The van der Waals surface area contributed by atoms with E-state index in [9.17, 15) is 0 Å². The summed E-state index contributed by atoms with van der Waals surface area (Å²) >= 11 is 0. The van der Waals surface area contributed by atoms with Crippen LogP contribution in [0.25, 0.3) is 66.0 Å². The molecule has 49 heavy (non-hydrogen) atoms. The number of rotatable bonds is 3. The molecule has 247 valence electrons. The zero-order valence-corrected chi connectivity index (χ0v) is 31.6. The van der Waals surface area contributed by atoms with Gasteiger partial charge in [0, 0.05) is 43.3 Å². The molecule has 0 fully saturated rings. The minimum atomic E-state index is 0. The van der Waals surface area contributed by atoms with Gasteiger partial charge in [0.05, 0.1) is 5.58 Å². The van der Waals surface area contributed by atoms with Crippen molar-refractivity contribution >= 4 is 43.5 Å². The van der Waals surface area contributed by atoms with Crippen LogP contribution in [0.2, 0.25) is 0 Å². The third-order valence-corrected chi connectivity index (χ3v) is 9.05. The van der Waals surface area contributed by atoms with Gasteiger partial charge >= 0.3 is 0 Å². The fourth-order valence-electron chi connectivity index (χ4n) is 6.44. The van der Waals surface area contributed by atoms with Gasteiger partial charge in [-0.1, -0.05) is 118 Å². The van der Waals surface area contributed by atoms with Gasteiger partial charge in [0.15, 0.2) is 0 Å². The zero-order valence-electron chi connectivity index (χ0n) is 29.2. The maximum absolute atomic E-state index is 6.64. The average Bonchev–Trinajstić information content (AvgIpc) is 3.47. The third kappa shape index (κ3) is 6.95. The number of aryl methyl sites for hydroxylation is 4. The number of nitrogens with zero attached hydrogens (tertiary/aromatic N) is 2. The van der Waals surface area contributed by atoms with Crippen molar-refractivity contribution in [2.75, 3.05) is 0 Å². The van der Waals surface area contributed by atoms with Crippen molar-refractivity contribution in [2.45, 2.75) is 54.9 Å². The largest absolute Gasteiger partial charge is 0.500 e. The van der Waals surface area contributed by atoms with Gasteiger partial charge in [0.1, 0.15) is 5.58 Å². The van der Waals surface area contributed by atoms with Crippen molar-refractivity contribution in [2.24, 2.45) is 5.41 Å². The fraction of sp³-hybridized carbons (Fsp3) is 0.200. The molecule has 3 heterocycles. The Morgan fingerprint density at radius 3 is 2.10 bits per heavy atom. The van der Waals surface area contributed by atoms with Crippen LogP contribution in [0.3, 0.4) is 0 Å². The van der Waals surface area contributed by atoms with E-state index in [1.165, 1.54) is 43.8 Å². The van der Waals surface area contributed by atoms with Crippen LogP contribution in [0.15, 0.2) is 108 Å². The first-order valence-corrected chi connectivity index (χ1v) is 16.6. The molecule has 0 N–H and O–H groups in total. The number of fused-ring (bicyclic) bond motifs is 7. The molecule has 0 aliphatic rings. The summed E-state index contributed by atoms with van der Waals surface area (Å²) in [7, 11) is 0. The second kappa shape index (κ2) is 13.7. The van der Waals surface area contributed by atoms with E-state index in [4.69, 9.17) is 4.42 Å². The summed E-state index contributed by atoms with van der Waals surface area (Å²) in [6.45, 7) is 15.1. The van der Waals surface area contributed by atoms with Crippen molar-refractivity contribution in [3.05, 3.63) is 143 Å². The Labute approximate surface area is 302 Å². The monoisotopic (exact) mass is 817 g/mol. The molecule has 1 radical (unpaired) electrons. The van der Waals surface area contributed by atoms with Crippen LogP contribution in [-0.4, -0.2) is 9.97 Å². The Kier molecular flexibility index (Phi) is 9.58. The third-order valence-electron chi connectivity index (χ3n) is 9.05. The summed E-state index contributed by atoms with van der Waals surface area (Å²) in [6.07, 6.45) is 4.96. The summed E-state index contributed by atoms with van der Waals surface area (Å²) < 4.78 is 6.64. The summed E-state index contributed by atoms with van der Waals surface area (Å²) in [4.78, 5) is 9.21. The Balaban J connectivity index is 0.000000189. The van der Waals surface area contributed by atoms with Crippen molar-refractivity contribution < 1.29 is 24.5 Å². The number of furan rings is 1. The smallest absolute Gasteiger partial charge is 0.129 e. The van der Waals surface area contributed by atoms with Crippen LogP contribution in [0.1, 0.15) is 48.6 Å². The number of hydrogen-bond donors (Lipinski definition) is 0. The summed E-state index contributed by atoms with van der Waals surface area (Å²) in [6, 6.07) is 38.5. The second-order valence-electron chi connectivity index (χ2n) is 14.2. The molecule has 5 aromatic carbocycles. The second-order valence-corrected chi connectivity index (χ2v) is 14.2. The van der Waals surface area contributed by atoms with Crippen molar-refractivity contribution in [1.82, 2.24) is 9.97 Å². The summed E-state index contributed by atoms with van der Waals surface area (Å²) in [5.74, 6) is 0. The SMILES string of the molecule is Cc1c[c-]c(-c2ccc(CC(C)(C)C)cn2)cc1.Cc1cnc(-c2[c-]cc(C)c3c2oc2c3ccc3ccc4ccccc4c32)cc1C.[Ir]. The average molecular weight is 817 g/mol. The fourth-order valence-corrected chi connectivity index (χ4v) is 6.44. The molecule has 0 saturated carbocycles. The van der Waals surface area contributed by atoms with E-state index in [1.54, 1.807) is 0 Å². The molecule has 0 saturated heterocycles. The van der Waals surface area contributed by atoms with Crippen LogP contribution in [0.4, 0.5) is 0 Å². The maximum atomic E-state index is 6.64. The molecule has 3 aromatic heterocycles. The summed E-state index contributed by atoms with van der Waals surface area (Å²) in [5.41, 5.74) is 12.1. The molecule has 0 bridgehead atoms. The maximum Gasteiger partial charge on any atom is 0.129 e. The predicted molar refractivity (Wildman–Crippen MR) is 201 cm³/mol. The van der Waals surface area contributed by atoms with Gasteiger partial charge in [0.25, 0.3) is 0 Å². The molecule has 3 nitrogen and oxygen atoms in total. The zero-order chi connectivity index (χ0) is 33.6. The van der Waals surface area contributed by atoms with Crippen LogP contribution in [0, 0.1) is 45.2 Å². The van der Waals surface area contributed by atoms with E-state index < -0.39 is 0 Å². The normalized spacial score (nSPS) is 11.5. The van der Waals surface area contributed by atoms with E-state index in [0.29, 0.717) is 5.41 Å². The Morgan fingerprint density at radius 2 is 1.39 bits per heavy atom. The van der Waals surface area contributed by atoms with E-state index in [0.717, 1.165) is 56.4 Å². The molecule has 8 aromatic rings. The van der Waals surface area contributed by atoms with Gasteiger partial charge in [-0.15, -0.1) is 53.1 Å². The number of aromatic nitrogens is 2. The number of pyridine rings is 2. The Hall–Kier alpha value is -4.63. The van der Waals surface area contributed by atoms with Gasteiger partial charge < -0.3 is 14.4 Å². The molecule has 0 amide bonds. The number of benzene rings is 5. The predicted octanol–water partition coefficient (Wildman–Crippen LogP) is 12.1. The first kappa shape index (κ1) is 34.2. The van der Waals surface area contributed by atoms with Crippen LogP contribution in [0.5, 0.6) is 0 Å². The van der Waals surface area contributed by atoms with Crippen LogP contribution in [-0.2, 0) is 26.5 Å². The van der Waals surface area contributed by atoms with Gasteiger partial charge in [0.2, 0.25) is 0 Å². The molecular weight excluding hydrogens is 777 g/mol. The molecule has 0 spiro atoms. The van der Waals surface area contributed by atoms with E-state index in [-0.39, 0.29) is 20.1 Å². The van der Waals surface area contributed by atoms with Gasteiger partial charge in [-0.3, -0.25) is 0 Å².